The molecule has 0 saturated heterocycles. The second-order valence-electron chi connectivity index (χ2n) is 4.14. The number of nitrogens with one attached hydrogen (secondary N) is 2. The molecule has 0 aromatic carbocycles. The standard InChI is InChI=1S/C11H17IN2O7S/c12-5-22-4-3-7(10(19)20)14-11(21)13-6(9(17)18)1-2-8(15)16/h6-7H,1-5H2,(H,15,16)(H,17,18)(H,19,20)(H2,13,14,21)/t6-,7-/m0/s1. The molecule has 0 aromatic rings. The SMILES string of the molecule is O=C(O)CC[C@H](NC(=O)N[C@@H](CCSCI)C(=O)O)C(=O)O. The van der Waals surface area contributed by atoms with Crippen LogP contribution in [0.15, 0.2) is 0 Å². The van der Waals surface area contributed by atoms with Crippen LogP contribution < -0.4 is 10.6 Å². The highest BCUT2D eigenvalue weighted by Crippen LogP contribution is 2.08. The Morgan fingerprint density at radius 1 is 0.955 bits per heavy atom. The summed E-state index contributed by atoms with van der Waals surface area (Å²) in [7, 11) is 0. The zero-order chi connectivity index (χ0) is 17.1. The molecule has 126 valence electrons. The van der Waals surface area contributed by atoms with Gasteiger partial charge in [-0.25, -0.2) is 14.4 Å². The smallest absolute Gasteiger partial charge is 0.326 e. The van der Waals surface area contributed by atoms with E-state index in [-0.39, 0.29) is 12.8 Å². The average Bonchev–Trinajstić information content (AvgIpc) is 2.41. The van der Waals surface area contributed by atoms with Crippen molar-refractivity contribution in [2.24, 2.45) is 0 Å². The molecule has 0 fully saturated rings. The Hall–Kier alpha value is -1.24. The molecule has 0 heterocycles. The third-order valence-electron chi connectivity index (χ3n) is 2.48. The zero-order valence-corrected chi connectivity index (χ0v) is 14.4. The monoisotopic (exact) mass is 448 g/mol. The maximum atomic E-state index is 11.6. The van der Waals surface area contributed by atoms with Gasteiger partial charge >= 0.3 is 23.9 Å². The molecule has 0 radical (unpaired) electrons. The summed E-state index contributed by atoms with van der Waals surface area (Å²) >= 11 is 3.62. The van der Waals surface area contributed by atoms with E-state index in [4.69, 9.17) is 15.3 Å². The topological polar surface area (TPSA) is 153 Å². The Balaban J connectivity index is 4.47. The largest absolute Gasteiger partial charge is 0.481 e. The lowest BCUT2D eigenvalue weighted by molar-refractivity contribution is -0.140. The van der Waals surface area contributed by atoms with Gasteiger partial charge in [0, 0.05) is 10.2 Å². The highest BCUT2D eigenvalue weighted by Gasteiger charge is 2.24. The van der Waals surface area contributed by atoms with Crippen molar-refractivity contribution in [1.29, 1.82) is 0 Å². The van der Waals surface area contributed by atoms with E-state index in [1.807, 2.05) is 0 Å². The number of halogens is 1. The predicted molar refractivity (Wildman–Crippen MR) is 87.3 cm³/mol. The van der Waals surface area contributed by atoms with Crippen LogP contribution in [0.4, 0.5) is 4.79 Å². The van der Waals surface area contributed by atoms with E-state index in [1.165, 1.54) is 11.8 Å². The summed E-state index contributed by atoms with van der Waals surface area (Å²) in [6.07, 6.45) is -0.518. The number of alkyl halides is 1. The second kappa shape index (κ2) is 11.3. The molecule has 0 spiro atoms. The molecule has 22 heavy (non-hydrogen) atoms. The summed E-state index contributed by atoms with van der Waals surface area (Å²) in [5, 5.41) is 30.6. The molecule has 0 unspecified atom stereocenters. The van der Waals surface area contributed by atoms with Gasteiger partial charge in [-0.2, -0.15) is 11.8 Å². The van der Waals surface area contributed by atoms with Crippen molar-refractivity contribution in [3.63, 3.8) is 0 Å². The molecule has 0 saturated carbocycles. The van der Waals surface area contributed by atoms with Crippen LogP contribution in [0.2, 0.25) is 0 Å². The highest BCUT2D eigenvalue weighted by atomic mass is 127. The first-order valence-electron chi connectivity index (χ1n) is 6.16. The molecule has 5 N–H and O–H groups in total. The van der Waals surface area contributed by atoms with Crippen molar-refractivity contribution in [3.05, 3.63) is 0 Å². The van der Waals surface area contributed by atoms with Crippen LogP contribution in [0.25, 0.3) is 0 Å². The van der Waals surface area contributed by atoms with Crippen molar-refractivity contribution in [2.75, 3.05) is 9.51 Å². The van der Waals surface area contributed by atoms with E-state index >= 15 is 0 Å². The predicted octanol–water partition coefficient (Wildman–Crippen LogP) is 0.573. The van der Waals surface area contributed by atoms with Gasteiger partial charge in [0.25, 0.3) is 0 Å². The van der Waals surface area contributed by atoms with Crippen molar-refractivity contribution in [3.8, 4) is 0 Å². The lowest BCUT2D eigenvalue weighted by atomic mass is 10.1. The van der Waals surface area contributed by atoms with E-state index in [9.17, 15) is 19.2 Å². The molecule has 0 bridgehead atoms. The van der Waals surface area contributed by atoms with Crippen molar-refractivity contribution in [2.45, 2.75) is 31.3 Å². The summed E-state index contributed by atoms with van der Waals surface area (Å²) < 4.78 is 0.784. The number of thioether (sulfide) groups is 1. The van der Waals surface area contributed by atoms with Crippen LogP contribution in [0, 0.1) is 0 Å². The van der Waals surface area contributed by atoms with Gasteiger partial charge < -0.3 is 26.0 Å². The van der Waals surface area contributed by atoms with Gasteiger partial charge in [0.05, 0.1) is 0 Å². The van der Waals surface area contributed by atoms with Crippen LogP contribution in [-0.2, 0) is 14.4 Å². The van der Waals surface area contributed by atoms with Crippen molar-refractivity contribution in [1.82, 2.24) is 10.6 Å². The number of carboxylic acids is 3. The van der Waals surface area contributed by atoms with Gasteiger partial charge in [0.1, 0.15) is 12.1 Å². The van der Waals surface area contributed by atoms with Gasteiger partial charge in [-0.1, -0.05) is 22.6 Å². The van der Waals surface area contributed by atoms with Crippen LogP contribution in [-0.4, -0.2) is 60.9 Å². The zero-order valence-electron chi connectivity index (χ0n) is 11.5. The number of urea groups is 1. The van der Waals surface area contributed by atoms with E-state index < -0.39 is 42.4 Å². The normalized spacial score (nSPS) is 13.0. The minimum absolute atomic E-state index is 0.198. The lowest BCUT2D eigenvalue weighted by Gasteiger charge is -2.18. The van der Waals surface area contributed by atoms with Crippen LogP contribution in [0.3, 0.4) is 0 Å². The lowest BCUT2D eigenvalue weighted by Crippen LogP contribution is -2.51. The minimum atomic E-state index is -1.39. The summed E-state index contributed by atoms with van der Waals surface area (Å²) in [6, 6.07) is -3.48. The quantitative estimate of drug-likeness (QED) is 0.175. The van der Waals surface area contributed by atoms with Gasteiger partial charge in [0.2, 0.25) is 0 Å². The van der Waals surface area contributed by atoms with Crippen molar-refractivity contribution >= 4 is 58.3 Å². The van der Waals surface area contributed by atoms with Crippen LogP contribution in [0.1, 0.15) is 19.3 Å². The summed E-state index contributed by atoms with van der Waals surface area (Å²) in [4.78, 5) is 44.0. The van der Waals surface area contributed by atoms with Crippen LogP contribution >= 0.6 is 34.4 Å². The average molecular weight is 448 g/mol. The number of amides is 2. The summed E-state index contributed by atoms with van der Waals surface area (Å²) in [5.41, 5.74) is 0. The maximum Gasteiger partial charge on any atom is 0.326 e. The number of carboxylic acid groups (broad SMARTS) is 3. The molecule has 0 aliphatic rings. The fourth-order valence-electron chi connectivity index (χ4n) is 1.40. The molecule has 0 rings (SSSR count). The Morgan fingerprint density at radius 3 is 1.86 bits per heavy atom. The number of aliphatic carboxylic acids is 3. The Kier molecular flexibility index (Phi) is 10.7. The molecule has 2 atom stereocenters. The second-order valence-corrected chi connectivity index (χ2v) is 7.04. The third kappa shape index (κ3) is 9.65. The first-order valence-corrected chi connectivity index (χ1v) is 8.84. The highest BCUT2D eigenvalue weighted by molar-refractivity contribution is 14.1. The maximum absolute atomic E-state index is 11.6. The molecule has 0 aliphatic heterocycles. The first kappa shape index (κ1) is 20.8. The Bertz CT molecular complexity index is 421. The number of rotatable bonds is 11. The van der Waals surface area contributed by atoms with E-state index in [0.717, 1.165) is 3.76 Å². The molecule has 0 aliphatic carbocycles. The summed E-state index contributed by atoms with van der Waals surface area (Å²) in [6.45, 7) is 0. The van der Waals surface area contributed by atoms with Crippen molar-refractivity contribution < 1.29 is 34.5 Å². The molecule has 0 aromatic heterocycles. The molecule has 2 amide bonds. The van der Waals surface area contributed by atoms with Crippen LogP contribution in [0.5, 0.6) is 0 Å². The molecular formula is C11H17IN2O7S. The fourth-order valence-corrected chi connectivity index (χ4v) is 2.84. The van der Waals surface area contributed by atoms with Gasteiger partial charge in [-0.15, -0.1) is 0 Å². The number of carbonyl (C=O) groups excluding carboxylic acids is 1. The molecule has 11 heteroatoms. The van der Waals surface area contributed by atoms with Gasteiger partial charge in [-0.05, 0) is 18.6 Å². The summed E-state index contributed by atoms with van der Waals surface area (Å²) in [5.74, 6) is -3.26. The minimum Gasteiger partial charge on any atom is -0.481 e. The van der Waals surface area contributed by atoms with E-state index in [2.05, 4.69) is 33.2 Å². The Labute approximate surface area is 144 Å². The number of hydrogen-bond donors (Lipinski definition) is 5. The third-order valence-corrected chi connectivity index (χ3v) is 4.48. The van der Waals surface area contributed by atoms with E-state index in [0.29, 0.717) is 5.75 Å². The molecular weight excluding hydrogens is 431 g/mol. The first-order chi connectivity index (χ1) is 10.3. The Morgan fingerprint density at radius 2 is 1.45 bits per heavy atom. The fraction of sp³-hybridized carbons (Fsp3) is 0.636. The van der Waals surface area contributed by atoms with Gasteiger partial charge in [0.15, 0.2) is 0 Å². The van der Waals surface area contributed by atoms with Gasteiger partial charge in [-0.3, -0.25) is 4.79 Å². The number of hydrogen-bond acceptors (Lipinski definition) is 5. The number of carbonyl (C=O) groups is 4. The molecule has 9 nitrogen and oxygen atoms in total. The van der Waals surface area contributed by atoms with E-state index in [1.54, 1.807) is 0 Å².